The van der Waals surface area contributed by atoms with Gasteiger partial charge in [-0.05, 0) is 20.0 Å². The molecule has 1 rings (SSSR count). The topological polar surface area (TPSA) is 69.6 Å². The number of aliphatic hydroxyl groups is 2. The molecular weight excluding hydrogens is 244 g/mol. The Balaban J connectivity index is 3.15. The van der Waals surface area contributed by atoms with Crippen molar-refractivity contribution in [3.8, 4) is 0 Å². The average Bonchev–Trinajstić information content (AvgIpc) is 2.28. The van der Waals surface area contributed by atoms with Crippen molar-refractivity contribution in [1.29, 1.82) is 0 Å². The lowest BCUT2D eigenvalue weighted by Crippen LogP contribution is -2.30. The number of ketones is 1. The molecule has 2 atom stereocenters. The molecular formula is C12H15F2NO3. The van der Waals surface area contributed by atoms with Crippen LogP contribution in [0.15, 0.2) is 12.1 Å². The fraction of sp³-hybridized carbons (Fsp3) is 0.417. The number of rotatable bonds is 5. The van der Waals surface area contributed by atoms with Crippen LogP contribution in [-0.2, 0) is 0 Å². The third-order valence-electron chi connectivity index (χ3n) is 2.56. The number of halogens is 2. The highest BCUT2D eigenvalue weighted by Crippen LogP contribution is 2.23. The van der Waals surface area contributed by atoms with Gasteiger partial charge in [0.15, 0.2) is 5.78 Å². The summed E-state index contributed by atoms with van der Waals surface area (Å²) in [5, 5.41) is 21.9. The summed E-state index contributed by atoms with van der Waals surface area (Å²) in [5.74, 6) is -2.57. The Bertz CT molecular complexity index is 451. The SMILES string of the molecule is CNCC(O)C(O)c1cc(C(C)=O)c(F)cc1F. The van der Waals surface area contributed by atoms with Crippen molar-refractivity contribution in [3.63, 3.8) is 0 Å². The highest BCUT2D eigenvalue weighted by molar-refractivity contribution is 5.94. The molecule has 0 saturated carbocycles. The predicted octanol–water partition coefficient (Wildman–Crippen LogP) is 0.781. The molecule has 0 radical (unpaired) electrons. The molecule has 0 fully saturated rings. The van der Waals surface area contributed by atoms with Crippen LogP contribution >= 0.6 is 0 Å². The average molecular weight is 259 g/mol. The second-order valence-corrected chi connectivity index (χ2v) is 3.98. The second-order valence-electron chi connectivity index (χ2n) is 3.98. The van der Waals surface area contributed by atoms with Crippen LogP contribution in [0.2, 0.25) is 0 Å². The molecule has 0 aliphatic carbocycles. The quantitative estimate of drug-likeness (QED) is 0.683. The zero-order valence-electron chi connectivity index (χ0n) is 10.1. The molecule has 0 bridgehead atoms. The zero-order valence-corrected chi connectivity index (χ0v) is 10.1. The van der Waals surface area contributed by atoms with Gasteiger partial charge < -0.3 is 15.5 Å². The molecule has 0 amide bonds. The Morgan fingerprint density at radius 2 is 1.94 bits per heavy atom. The van der Waals surface area contributed by atoms with Crippen LogP contribution in [0.5, 0.6) is 0 Å². The van der Waals surface area contributed by atoms with E-state index in [0.717, 1.165) is 13.0 Å². The fourth-order valence-corrected chi connectivity index (χ4v) is 1.59. The van der Waals surface area contributed by atoms with Gasteiger partial charge >= 0.3 is 0 Å². The zero-order chi connectivity index (χ0) is 13.9. The monoisotopic (exact) mass is 259 g/mol. The van der Waals surface area contributed by atoms with Gasteiger partial charge in [-0.15, -0.1) is 0 Å². The minimum absolute atomic E-state index is 0.0351. The first-order chi connectivity index (χ1) is 8.38. The smallest absolute Gasteiger partial charge is 0.162 e. The standard InChI is InChI=1S/C12H15F2NO3/c1-6(16)7-3-8(10(14)4-9(7)13)12(18)11(17)5-15-2/h3-4,11-12,15,17-18H,5H2,1-2H3. The Kier molecular flexibility index (Phi) is 4.89. The Morgan fingerprint density at radius 3 is 2.44 bits per heavy atom. The summed E-state index contributed by atoms with van der Waals surface area (Å²) in [6, 6.07) is 1.46. The molecule has 4 nitrogen and oxygen atoms in total. The molecule has 1 aromatic carbocycles. The van der Waals surface area contributed by atoms with E-state index in [-0.39, 0.29) is 17.7 Å². The summed E-state index contributed by atoms with van der Waals surface area (Å²) in [5.41, 5.74) is -0.619. The van der Waals surface area contributed by atoms with Crippen LogP contribution in [0.25, 0.3) is 0 Å². The molecule has 0 spiro atoms. The molecule has 100 valence electrons. The lowest BCUT2D eigenvalue weighted by molar-refractivity contribution is 0.0180. The van der Waals surface area contributed by atoms with Crippen LogP contribution in [0.1, 0.15) is 28.9 Å². The van der Waals surface area contributed by atoms with Crippen LogP contribution < -0.4 is 5.32 Å². The van der Waals surface area contributed by atoms with Crippen molar-refractivity contribution in [2.45, 2.75) is 19.1 Å². The van der Waals surface area contributed by atoms with Gasteiger partial charge in [-0.25, -0.2) is 8.78 Å². The lowest BCUT2D eigenvalue weighted by atomic mass is 9.99. The van der Waals surface area contributed by atoms with E-state index in [4.69, 9.17) is 0 Å². The number of benzene rings is 1. The van der Waals surface area contributed by atoms with E-state index in [9.17, 15) is 23.8 Å². The van der Waals surface area contributed by atoms with E-state index >= 15 is 0 Å². The number of aliphatic hydroxyl groups excluding tert-OH is 2. The van der Waals surface area contributed by atoms with E-state index in [2.05, 4.69) is 5.32 Å². The molecule has 0 saturated heterocycles. The van der Waals surface area contributed by atoms with Crippen LogP contribution in [0, 0.1) is 11.6 Å². The number of hydrogen-bond acceptors (Lipinski definition) is 4. The van der Waals surface area contributed by atoms with E-state index in [1.165, 1.54) is 0 Å². The van der Waals surface area contributed by atoms with Crippen molar-refractivity contribution in [1.82, 2.24) is 5.32 Å². The predicted molar refractivity (Wildman–Crippen MR) is 61.3 cm³/mol. The molecule has 3 N–H and O–H groups in total. The van der Waals surface area contributed by atoms with Gasteiger partial charge in [0, 0.05) is 18.2 Å². The number of carbonyl (C=O) groups excluding carboxylic acids is 1. The minimum Gasteiger partial charge on any atom is -0.389 e. The van der Waals surface area contributed by atoms with E-state index in [1.54, 1.807) is 7.05 Å². The van der Waals surface area contributed by atoms with Crippen molar-refractivity contribution in [3.05, 3.63) is 34.9 Å². The lowest BCUT2D eigenvalue weighted by Gasteiger charge is -2.19. The second kappa shape index (κ2) is 5.99. The summed E-state index contributed by atoms with van der Waals surface area (Å²) in [4.78, 5) is 11.1. The molecule has 0 aromatic heterocycles. The third-order valence-corrected chi connectivity index (χ3v) is 2.56. The normalized spacial score (nSPS) is 14.3. The van der Waals surface area contributed by atoms with Crippen molar-refractivity contribution >= 4 is 5.78 Å². The van der Waals surface area contributed by atoms with E-state index in [1.807, 2.05) is 0 Å². The summed E-state index contributed by atoms with van der Waals surface area (Å²) in [7, 11) is 1.55. The van der Waals surface area contributed by atoms with Gasteiger partial charge in [0.2, 0.25) is 0 Å². The minimum atomic E-state index is -1.53. The van der Waals surface area contributed by atoms with Gasteiger partial charge in [0.1, 0.15) is 17.7 Å². The maximum Gasteiger partial charge on any atom is 0.162 e. The Morgan fingerprint density at radius 1 is 1.33 bits per heavy atom. The first kappa shape index (κ1) is 14.7. The fourth-order valence-electron chi connectivity index (χ4n) is 1.59. The van der Waals surface area contributed by atoms with Crippen LogP contribution in [-0.4, -0.2) is 35.7 Å². The summed E-state index contributed by atoms with van der Waals surface area (Å²) in [6.45, 7) is 1.17. The van der Waals surface area contributed by atoms with Crippen molar-refractivity contribution in [2.24, 2.45) is 0 Å². The van der Waals surface area contributed by atoms with E-state index in [0.29, 0.717) is 6.07 Å². The Labute approximate surface area is 103 Å². The maximum absolute atomic E-state index is 13.5. The maximum atomic E-state index is 13.5. The summed E-state index contributed by atoms with van der Waals surface area (Å²) in [6.07, 6.45) is -2.79. The number of likely N-dealkylation sites (N-methyl/N-ethyl adjacent to an activating group) is 1. The van der Waals surface area contributed by atoms with Crippen molar-refractivity contribution < 1.29 is 23.8 Å². The number of nitrogens with one attached hydrogen (secondary N) is 1. The first-order valence-corrected chi connectivity index (χ1v) is 5.39. The number of Topliss-reactive ketones (excluding diaryl/α,β-unsaturated/α-hetero) is 1. The molecule has 0 heterocycles. The van der Waals surface area contributed by atoms with Gasteiger partial charge in [-0.1, -0.05) is 0 Å². The van der Waals surface area contributed by atoms with Crippen molar-refractivity contribution in [2.75, 3.05) is 13.6 Å². The van der Waals surface area contributed by atoms with Gasteiger partial charge in [0.25, 0.3) is 0 Å². The molecule has 0 aliphatic heterocycles. The number of carbonyl (C=O) groups is 1. The van der Waals surface area contributed by atoms with Gasteiger partial charge in [-0.2, -0.15) is 0 Å². The van der Waals surface area contributed by atoms with Gasteiger partial charge in [-0.3, -0.25) is 4.79 Å². The highest BCUT2D eigenvalue weighted by Gasteiger charge is 2.23. The van der Waals surface area contributed by atoms with E-state index < -0.39 is 29.6 Å². The Hall–Kier alpha value is -1.37. The largest absolute Gasteiger partial charge is 0.389 e. The summed E-state index contributed by atoms with van der Waals surface area (Å²) >= 11 is 0. The molecule has 18 heavy (non-hydrogen) atoms. The van der Waals surface area contributed by atoms with Crippen LogP contribution in [0.3, 0.4) is 0 Å². The molecule has 1 aromatic rings. The first-order valence-electron chi connectivity index (χ1n) is 5.39. The van der Waals surface area contributed by atoms with Gasteiger partial charge in [0.05, 0.1) is 11.7 Å². The molecule has 6 heteroatoms. The number of hydrogen-bond donors (Lipinski definition) is 3. The van der Waals surface area contributed by atoms with Crippen LogP contribution in [0.4, 0.5) is 8.78 Å². The third kappa shape index (κ3) is 3.10. The highest BCUT2D eigenvalue weighted by atomic mass is 19.1. The summed E-state index contributed by atoms with van der Waals surface area (Å²) < 4.78 is 26.8. The molecule has 0 aliphatic rings. The molecule has 2 unspecified atom stereocenters.